The highest BCUT2D eigenvalue weighted by atomic mass is 19.1. The molecule has 0 aliphatic heterocycles. The Hall–Kier alpha value is -4.00. The molecule has 2 aromatic carbocycles. The first-order valence-corrected chi connectivity index (χ1v) is 8.28. The van der Waals surface area contributed by atoms with Crippen LogP contribution in [0.2, 0.25) is 0 Å². The van der Waals surface area contributed by atoms with Crippen molar-refractivity contribution in [2.24, 2.45) is 0 Å². The van der Waals surface area contributed by atoms with Gasteiger partial charge < -0.3 is 15.2 Å². The molecule has 0 bridgehead atoms. The Bertz CT molecular complexity index is 1270. The lowest BCUT2D eigenvalue weighted by molar-refractivity contribution is 0.0695. The van der Waals surface area contributed by atoms with Gasteiger partial charge in [0.1, 0.15) is 17.1 Å². The molecule has 0 saturated carbocycles. The molecule has 4 aromatic rings. The van der Waals surface area contributed by atoms with Gasteiger partial charge in [0.2, 0.25) is 5.43 Å². The van der Waals surface area contributed by atoms with Crippen molar-refractivity contribution in [2.45, 2.75) is 0 Å². The summed E-state index contributed by atoms with van der Waals surface area (Å²) in [5.74, 6) is -2.03. The fourth-order valence-electron chi connectivity index (χ4n) is 3.21. The van der Waals surface area contributed by atoms with Crippen molar-refractivity contribution in [1.29, 1.82) is 0 Å². The summed E-state index contributed by atoms with van der Waals surface area (Å²) in [5.41, 5.74) is 0.763. The van der Waals surface area contributed by atoms with E-state index in [1.54, 1.807) is 24.3 Å². The highest BCUT2D eigenvalue weighted by molar-refractivity contribution is 6.04. The summed E-state index contributed by atoms with van der Waals surface area (Å²) in [6.07, 6.45) is 4.15. The van der Waals surface area contributed by atoms with Crippen LogP contribution in [0.3, 0.4) is 0 Å². The first-order valence-electron chi connectivity index (χ1n) is 8.28. The van der Waals surface area contributed by atoms with E-state index in [1.807, 2.05) is 0 Å². The minimum atomic E-state index is -1.40. The van der Waals surface area contributed by atoms with E-state index in [0.717, 1.165) is 12.3 Å². The first-order chi connectivity index (χ1) is 13.5. The SMILES string of the molecule is O=C(O)c1c[nH]c2c(-c3ccc(O)cc3)c(-c3ccncc3)c(F)cc2c1=O. The summed E-state index contributed by atoms with van der Waals surface area (Å²) >= 11 is 0. The monoisotopic (exact) mass is 376 g/mol. The summed E-state index contributed by atoms with van der Waals surface area (Å²) in [4.78, 5) is 30.7. The van der Waals surface area contributed by atoms with E-state index in [-0.39, 0.29) is 16.7 Å². The maximum atomic E-state index is 15.2. The molecule has 3 N–H and O–H groups in total. The number of H-pyrrole nitrogens is 1. The number of aromatic hydroxyl groups is 1. The predicted molar refractivity (Wildman–Crippen MR) is 102 cm³/mol. The third-order valence-corrected chi connectivity index (χ3v) is 4.48. The quantitative estimate of drug-likeness (QED) is 0.505. The van der Waals surface area contributed by atoms with Crippen LogP contribution in [0.5, 0.6) is 5.75 Å². The van der Waals surface area contributed by atoms with Crippen molar-refractivity contribution >= 4 is 16.9 Å². The molecule has 7 heteroatoms. The highest BCUT2D eigenvalue weighted by Crippen LogP contribution is 2.39. The van der Waals surface area contributed by atoms with Crippen molar-refractivity contribution in [3.05, 3.63) is 82.7 Å². The zero-order valence-electron chi connectivity index (χ0n) is 14.3. The normalized spacial score (nSPS) is 10.9. The van der Waals surface area contributed by atoms with E-state index in [0.29, 0.717) is 22.2 Å². The molecule has 0 amide bonds. The molecule has 4 rings (SSSR count). The number of phenols is 1. The van der Waals surface area contributed by atoms with Crippen LogP contribution in [0.25, 0.3) is 33.2 Å². The predicted octanol–water partition coefficient (Wildman–Crippen LogP) is 3.80. The van der Waals surface area contributed by atoms with Crippen molar-refractivity contribution in [3.63, 3.8) is 0 Å². The van der Waals surface area contributed by atoms with Crippen molar-refractivity contribution in [1.82, 2.24) is 9.97 Å². The molecule has 2 heterocycles. The highest BCUT2D eigenvalue weighted by Gasteiger charge is 2.21. The van der Waals surface area contributed by atoms with Gasteiger partial charge >= 0.3 is 5.97 Å². The lowest BCUT2D eigenvalue weighted by Gasteiger charge is -2.15. The third kappa shape index (κ3) is 2.79. The average Bonchev–Trinajstić information content (AvgIpc) is 2.69. The Morgan fingerprint density at radius 2 is 1.64 bits per heavy atom. The first kappa shape index (κ1) is 17.4. The van der Waals surface area contributed by atoms with Gasteiger partial charge in [-0.25, -0.2) is 9.18 Å². The molecule has 0 fully saturated rings. The van der Waals surface area contributed by atoms with Gasteiger partial charge in [0.15, 0.2) is 0 Å². The number of pyridine rings is 2. The molecule has 6 nitrogen and oxygen atoms in total. The Kier molecular flexibility index (Phi) is 4.12. The fraction of sp³-hybridized carbons (Fsp3) is 0. The zero-order chi connectivity index (χ0) is 19.8. The molecule has 0 aliphatic rings. The Labute approximate surface area is 157 Å². The van der Waals surface area contributed by atoms with Gasteiger partial charge in [-0.05, 0) is 41.5 Å². The van der Waals surface area contributed by atoms with Crippen LogP contribution in [0.4, 0.5) is 4.39 Å². The van der Waals surface area contributed by atoms with E-state index in [9.17, 15) is 19.8 Å². The van der Waals surface area contributed by atoms with Crippen molar-refractivity contribution < 1.29 is 19.4 Å². The number of hydrogen-bond donors (Lipinski definition) is 3. The largest absolute Gasteiger partial charge is 0.508 e. The summed E-state index contributed by atoms with van der Waals surface area (Å²) < 4.78 is 15.2. The Morgan fingerprint density at radius 1 is 1.00 bits per heavy atom. The van der Waals surface area contributed by atoms with Gasteiger partial charge in [-0.1, -0.05) is 12.1 Å². The number of nitrogens with zero attached hydrogens (tertiary/aromatic N) is 1. The standard InChI is InChI=1S/C21H13FN2O4/c22-16-9-14-19(24-10-15(20(14)26)21(27)28)18(11-1-3-13(25)4-2-11)17(16)12-5-7-23-8-6-12/h1-10,25H,(H,24,26)(H,27,28). The number of halogens is 1. The van der Waals surface area contributed by atoms with E-state index in [1.165, 1.54) is 24.5 Å². The van der Waals surface area contributed by atoms with Gasteiger partial charge in [-0.3, -0.25) is 9.78 Å². The molecule has 0 radical (unpaired) electrons. The summed E-state index contributed by atoms with van der Waals surface area (Å²) in [6.45, 7) is 0. The number of nitrogens with one attached hydrogen (secondary N) is 1. The topological polar surface area (TPSA) is 103 Å². The van der Waals surface area contributed by atoms with Gasteiger partial charge in [-0.2, -0.15) is 0 Å². The molecule has 2 aromatic heterocycles. The van der Waals surface area contributed by atoms with Crippen LogP contribution in [-0.2, 0) is 0 Å². The average molecular weight is 376 g/mol. The zero-order valence-corrected chi connectivity index (χ0v) is 14.3. The number of fused-ring (bicyclic) bond motifs is 1. The van der Waals surface area contributed by atoms with Crippen LogP contribution in [-0.4, -0.2) is 26.2 Å². The minimum absolute atomic E-state index is 0.0385. The summed E-state index contributed by atoms with van der Waals surface area (Å²) in [5, 5.41) is 18.7. The molecule has 0 saturated heterocycles. The second-order valence-electron chi connectivity index (χ2n) is 6.15. The fourth-order valence-corrected chi connectivity index (χ4v) is 3.21. The molecular formula is C21H13FN2O4. The second kappa shape index (κ2) is 6.62. The number of benzene rings is 2. The molecule has 0 atom stereocenters. The number of carboxylic acid groups (broad SMARTS) is 1. The molecule has 138 valence electrons. The van der Waals surface area contributed by atoms with Crippen molar-refractivity contribution in [3.8, 4) is 28.0 Å². The van der Waals surface area contributed by atoms with E-state index < -0.39 is 22.8 Å². The van der Waals surface area contributed by atoms with Crippen LogP contribution in [0.15, 0.2) is 65.8 Å². The van der Waals surface area contributed by atoms with Gasteiger partial charge in [0.05, 0.1) is 5.52 Å². The molecule has 0 aliphatic carbocycles. The van der Waals surface area contributed by atoms with Gasteiger partial charge in [0, 0.05) is 35.1 Å². The number of hydrogen-bond acceptors (Lipinski definition) is 4. The van der Waals surface area contributed by atoms with Gasteiger partial charge in [-0.15, -0.1) is 0 Å². The summed E-state index contributed by atoms with van der Waals surface area (Å²) in [7, 11) is 0. The lowest BCUT2D eigenvalue weighted by atomic mass is 9.91. The third-order valence-electron chi connectivity index (χ3n) is 4.48. The minimum Gasteiger partial charge on any atom is -0.508 e. The van der Waals surface area contributed by atoms with Crippen LogP contribution < -0.4 is 5.43 Å². The Morgan fingerprint density at radius 3 is 2.29 bits per heavy atom. The van der Waals surface area contributed by atoms with Crippen LogP contribution >= 0.6 is 0 Å². The van der Waals surface area contributed by atoms with E-state index in [2.05, 4.69) is 9.97 Å². The maximum absolute atomic E-state index is 15.2. The molecule has 28 heavy (non-hydrogen) atoms. The van der Waals surface area contributed by atoms with E-state index >= 15 is 4.39 Å². The smallest absolute Gasteiger partial charge is 0.341 e. The van der Waals surface area contributed by atoms with Crippen LogP contribution in [0, 0.1) is 5.82 Å². The van der Waals surface area contributed by atoms with Crippen LogP contribution in [0.1, 0.15) is 10.4 Å². The lowest BCUT2D eigenvalue weighted by Crippen LogP contribution is -2.16. The number of aromatic nitrogens is 2. The maximum Gasteiger partial charge on any atom is 0.341 e. The number of carbonyl (C=O) groups is 1. The molecule has 0 unspecified atom stereocenters. The van der Waals surface area contributed by atoms with Gasteiger partial charge in [0.25, 0.3) is 0 Å². The molecular weight excluding hydrogens is 363 g/mol. The second-order valence-corrected chi connectivity index (χ2v) is 6.15. The van der Waals surface area contributed by atoms with Crippen molar-refractivity contribution in [2.75, 3.05) is 0 Å². The molecule has 0 spiro atoms. The van der Waals surface area contributed by atoms with E-state index in [4.69, 9.17) is 0 Å². The Balaban J connectivity index is 2.17. The number of rotatable bonds is 3. The summed E-state index contributed by atoms with van der Waals surface area (Å²) in [6, 6.07) is 10.4. The number of phenolic OH excluding ortho intramolecular Hbond substituents is 1. The number of aromatic amines is 1. The number of aromatic carboxylic acids is 1. The number of carboxylic acids is 1.